The van der Waals surface area contributed by atoms with Crippen molar-refractivity contribution in [1.29, 1.82) is 0 Å². The molecule has 0 unspecified atom stereocenters. The molecular formula is C20H22N2O6. The number of hydrogen-bond donors (Lipinski definition) is 2. The molecule has 0 fully saturated rings. The Labute approximate surface area is 162 Å². The number of carbonyl (C=O) groups excluding carboxylic acids is 2. The number of rotatable bonds is 9. The van der Waals surface area contributed by atoms with Crippen molar-refractivity contribution in [3.8, 4) is 11.5 Å². The fourth-order valence-electron chi connectivity index (χ4n) is 2.41. The molecule has 8 nitrogen and oxygen atoms in total. The van der Waals surface area contributed by atoms with Crippen molar-refractivity contribution in [3.05, 3.63) is 54.1 Å². The molecule has 0 aliphatic heterocycles. The van der Waals surface area contributed by atoms with Crippen molar-refractivity contribution in [3.63, 3.8) is 0 Å². The number of hydrogen-bond acceptors (Lipinski definition) is 5. The summed E-state index contributed by atoms with van der Waals surface area (Å²) in [4.78, 5) is 36.3. The topological polar surface area (TPSA) is 105 Å². The zero-order valence-corrected chi connectivity index (χ0v) is 15.7. The van der Waals surface area contributed by atoms with E-state index < -0.39 is 5.97 Å². The van der Waals surface area contributed by atoms with Crippen LogP contribution in [0.4, 0.5) is 5.69 Å². The van der Waals surface area contributed by atoms with E-state index >= 15 is 0 Å². The summed E-state index contributed by atoms with van der Waals surface area (Å²) in [5, 5.41) is 11.6. The van der Waals surface area contributed by atoms with Crippen LogP contribution in [0.2, 0.25) is 0 Å². The van der Waals surface area contributed by atoms with E-state index in [2.05, 4.69) is 5.32 Å². The Morgan fingerprint density at radius 1 is 1.07 bits per heavy atom. The first kappa shape index (κ1) is 20.8. The zero-order valence-electron chi connectivity index (χ0n) is 15.7. The van der Waals surface area contributed by atoms with Gasteiger partial charge in [0.1, 0.15) is 18.0 Å². The van der Waals surface area contributed by atoms with Gasteiger partial charge in [0.15, 0.2) is 6.61 Å². The maximum absolute atomic E-state index is 12.3. The summed E-state index contributed by atoms with van der Waals surface area (Å²) in [6, 6.07) is 13.1. The molecule has 28 heavy (non-hydrogen) atoms. The van der Waals surface area contributed by atoms with E-state index in [0.717, 1.165) is 0 Å². The molecule has 0 spiro atoms. The Balaban J connectivity index is 1.90. The number of nitrogens with zero attached hydrogens (tertiary/aromatic N) is 1. The highest BCUT2D eigenvalue weighted by Gasteiger charge is 2.16. The lowest BCUT2D eigenvalue weighted by Crippen LogP contribution is -2.35. The second-order valence-corrected chi connectivity index (χ2v) is 5.81. The van der Waals surface area contributed by atoms with Gasteiger partial charge >= 0.3 is 5.97 Å². The van der Waals surface area contributed by atoms with Crippen LogP contribution in [0.1, 0.15) is 17.3 Å². The minimum atomic E-state index is -1.07. The number of benzene rings is 2. The minimum absolute atomic E-state index is 0.204. The van der Waals surface area contributed by atoms with Crippen molar-refractivity contribution < 1.29 is 29.0 Å². The van der Waals surface area contributed by atoms with Gasteiger partial charge in [-0.1, -0.05) is 6.07 Å². The summed E-state index contributed by atoms with van der Waals surface area (Å²) < 4.78 is 10.5. The molecule has 2 amide bonds. The summed E-state index contributed by atoms with van der Waals surface area (Å²) in [7, 11) is 1.54. The smallest absolute Gasteiger partial charge is 0.323 e. The molecule has 0 aliphatic rings. The van der Waals surface area contributed by atoms with E-state index in [-0.39, 0.29) is 31.5 Å². The summed E-state index contributed by atoms with van der Waals surface area (Å²) in [6.07, 6.45) is 0. The number of likely N-dealkylation sites (N-methyl/N-ethyl adjacent to an activating group) is 1. The average Bonchev–Trinajstić information content (AvgIpc) is 2.70. The number of nitrogens with one attached hydrogen (secondary N) is 1. The van der Waals surface area contributed by atoms with Gasteiger partial charge < -0.3 is 24.8 Å². The lowest BCUT2D eigenvalue weighted by Gasteiger charge is -2.18. The highest BCUT2D eigenvalue weighted by Crippen LogP contribution is 2.17. The van der Waals surface area contributed by atoms with Gasteiger partial charge in [-0.25, -0.2) is 0 Å². The molecular weight excluding hydrogens is 364 g/mol. The molecule has 2 aromatic carbocycles. The Morgan fingerprint density at radius 3 is 2.39 bits per heavy atom. The van der Waals surface area contributed by atoms with Crippen molar-refractivity contribution in [2.75, 3.05) is 32.1 Å². The maximum Gasteiger partial charge on any atom is 0.323 e. The molecule has 2 rings (SSSR count). The molecule has 0 saturated carbocycles. The van der Waals surface area contributed by atoms with Crippen LogP contribution in [-0.4, -0.2) is 54.6 Å². The standard InChI is InChI=1S/C20H22N2O6/c1-3-22(12-19(24)25)20(26)14-7-9-16(10-8-14)28-13-18(23)21-15-5-4-6-17(11-15)27-2/h4-11H,3,12-13H2,1-2H3,(H,21,23)(H,24,25). The number of carboxylic acids is 1. The number of ether oxygens (including phenoxy) is 2. The Bertz CT molecular complexity index is 835. The molecule has 0 radical (unpaired) electrons. The highest BCUT2D eigenvalue weighted by molar-refractivity contribution is 5.96. The van der Waals surface area contributed by atoms with Gasteiger partial charge in [-0.2, -0.15) is 0 Å². The monoisotopic (exact) mass is 386 g/mol. The Morgan fingerprint density at radius 2 is 1.79 bits per heavy atom. The molecule has 2 N–H and O–H groups in total. The quantitative estimate of drug-likeness (QED) is 0.685. The molecule has 0 atom stereocenters. The van der Waals surface area contributed by atoms with E-state index in [1.54, 1.807) is 50.4 Å². The first-order valence-electron chi connectivity index (χ1n) is 8.60. The van der Waals surface area contributed by atoms with Crippen LogP contribution in [0, 0.1) is 0 Å². The van der Waals surface area contributed by atoms with Gasteiger partial charge in [0.25, 0.3) is 11.8 Å². The van der Waals surface area contributed by atoms with Crippen molar-refractivity contribution in [2.45, 2.75) is 6.92 Å². The van der Waals surface area contributed by atoms with Crippen molar-refractivity contribution in [2.24, 2.45) is 0 Å². The van der Waals surface area contributed by atoms with Crippen molar-refractivity contribution in [1.82, 2.24) is 4.90 Å². The summed E-state index contributed by atoms with van der Waals surface area (Å²) in [5.74, 6) is -0.752. The third kappa shape index (κ3) is 6.01. The number of methoxy groups -OCH3 is 1. The van der Waals surface area contributed by atoms with Crippen LogP contribution in [0.15, 0.2) is 48.5 Å². The van der Waals surface area contributed by atoms with Gasteiger partial charge in [0, 0.05) is 23.9 Å². The number of aliphatic carboxylic acids is 1. The largest absolute Gasteiger partial charge is 0.497 e. The van der Waals surface area contributed by atoms with E-state index in [9.17, 15) is 14.4 Å². The SMILES string of the molecule is CCN(CC(=O)O)C(=O)c1ccc(OCC(=O)Nc2cccc(OC)c2)cc1. The van der Waals surface area contributed by atoms with Crippen LogP contribution >= 0.6 is 0 Å². The Kier molecular flexibility index (Phi) is 7.38. The molecule has 8 heteroatoms. The van der Waals surface area contributed by atoms with E-state index in [0.29, 0.717) is 22.7 Å². The summed E-state index contributed by atoms with van der Waals surface area (Å²) in [6.45, 7) is 1.43. The average molecular weight is 386 g/mol. The van der Waals surface area contributed by atoms with Crippen molar-refractivity contribution >= 4 is 23.5 Å². The van der Waals surface area contributed by atoms with Crippen LogP contribution in [-0.2, 0) is 9.59 Å². The van der Waals surface area contributed by atoms with Crippen LogP contribution < -0.4 is 14.8 Å². The second-order valence-electron chi connectivity index (χ2n) is 5.81. The van der Waals surface area contributed by atoms with Gasteiger partial charge in [-0.3, -0.25) is 14.4 Å². The second kappa shape index (κ2) is 9.96. The van der Waals surface area contributed by atoms with E-state index in [1.165, 1.54) is 17.0 Å². The van der Waals surface area contributed by atoms with Crippen LogP contribution in [0.3, 0.4) is 0 Å². The van der Waals surface area contributed by atoms with Gasteiger partial charge in [0.05, 0.1) is 7.11 Å². The molecule has 148 valence electrons. The summed E-state index contributed by atoms with van der Waals surface area (Å²) in [5.41, 5.74) is 0.934. The number of anilines is 1. The Hall–Kier alpha value is -3.55. The number of carbonyl (C=O) groups is 3. The molecule has 2 aromatic rings. The first-order valence-corrected chi connectivity index (χ1v) is 8.60. The van der Waals surface area contributed by atoms with Gasteiger partial charge in [-0.15, -0.1) is 0 Å². The highest BCUT2D eigenvalue weighted by atomic mass is 16.5. The third-order valence-electron chi connectivity index (χ3n) is 3.82. The predicted molar refractivity (Wildman–Crippen MR) is 103 cm³/mol. The first-order chi connectivity index (χ1) is 13.4. The van der Waals surface area contributed by atoms with E-state index in [4.69, 9.17) is 14.6 Å². The lowest BCUT2D eigenvalue weighted by atomic mass is 10.2. The molecule has 0 aliphatic carbocycles. The fourth-order valence-corrected chi connectivity index (χ4v) is 2.41. The summed E-state index contributed by atoms with van der Waals surface area (Å²) >= 11 is 0. The van der Waals surface area contributed by atoms with Crippen LogP contribution in [0.25, 0.3) is 0 Å². The minimum Gasteiger partial charge on any atom is -0.497 e. The zero-order chi connectivity index (χ0) is 20.5. The normalized spacial score (nSPS) is 10.1. The molecule has 0 aromatic heterocycles. The fraction of sp³-hybridized carbons (Fsp3) is 0.250. The predicted octanol–water partition coefficient (Wildman–Crippen LogP) is 2.26. The van der Waals surface area contributed by atoms with Crippen LogP contribution in [0.5, 0.6) is 11.5 Å². The maximum atomic E-state index is 12.3. The van der Waals surface area contributed by atoms with E-state index in [1.807, 2.05) is 0 Å². The molecule has 0 heterocycles. The third-order valence-corrected chi connectivity index (χ3v) is 3.82. The molecule has 0 bridgehead atoms. The number of amides is 2. The number of carboxylic acid groups (broad SMARTS) is 1. The van der Waals surface area contributed by atoms with Gasteiger partial charge in [-0.05, 0) is 43.3 Å². The molecule has 0 saturated heterocycles. The van der Waals surface area contributed by atoms with Gasteiger partial charge in [0.2, 0.25) is 0 Å². The lowest BCUT2D eigenvalue weighted by molar-refractivity contribution is -0.137.